The van der Waals surface area contributed by atoms with Crippen molar-refractivity contribution >= 4 is 0 Å². The second kappa shape index (κ2) is 2.98. The summed E-state index contributed by atoms with van der Waals surface area (Å²) in [5.41, 5.74) is -0.813. The molecule has 6 heteroatoms. The molecule has 2 rings (SSSR count). The number of likely N-dealkylation sites (tertiary alicyclic amines) is 1. The molecule has 0 aliphatic carbocycles. The van der Waals surface area contributed by atoms with Crippen LogP contribution >= 0.6 is 0 Å². The molecule has 78 valence electrons. The van der Waals surface area contributed by atoms with E-state index in [1.165, 1.54) is 10.9 Å². The number of hydrogen-bond donors (Lipinski definition) is 0. The minimum atomic E-state index is -4.33. The van der Waals surface area contributed by atoms with Gasteiger partial charge >= 0.3 is 6.18 Å². The van der Waals surface area contributed by atoms with Gasteiger partial charge in [0.25, 0.3) is 0 Å². The lowest BCUT2D eigenvalue weighted by Crippen LogP contribution is -2.44. The number of likely N-dealkylation sites (N-methyl/N-ethyl adjacent to an activating group) is 1. The molecule has 0 saturated carbocycles. The molecule has 0 radical (unpaired) electrons. The first-order valence-corrected chi connectivity index (χ1v) is 4.26. The summed E-state index contributed by atoms with van der Waals surface area (Å²) >= 11 is 0. The van der Waals surface area contributed by atoms with Crippen LogP contribution in [0, 0.1) is 0 Å². The quantitative estimate of drug-likeness (QED) is 0.690. The van der Waals surface area contributed by atoms with E-state index < -0.39 is 11.9 Å². The molecule has 0 atom stereocenters. The highest BCUT2D eigenvalue weighted by molar-refractivity contribution is 5.04. The van der Waals surface area contributed by atoms with Gasteiger partial charge in [-0.25, -0.2) is 4.98 Å². The Morgan fingerprint density at radius 2 is 2.07 bits per heavy atom. The molecular formula is C8H10F3N3. The average molecular weight is 205 g/mol. The van der Waals surface area contributed by atoms with E-state index in [9.17, 15) is 13.2 Å². The van der Waals surface area contributed by atoms with Crippen molar-refractivity contribution in [3.63, 3.8) is 0 Å². The van der Waals surface area contributed by atoms with E-state index in [0.29, 0.717) is 0 Å². The molecule has 0 spiro atoms. The van der Waals surface area contributed by atoms with E-state index in [-0.39, 0.29) is 6.04 Å². The van der Waals surface area contributed by atoms with Crippen LogP contribution in [0.2, 0.25) is 0 Å². The molecule has 1 fully saturated rings. The zero-order valence-electron chi connectivity index (χ0n) is 7.62. The Hall–Kier alpha value is -1.04. The third-order valence-electron chi connectivity index (χ3n) is 2.36. The number of halogens is 3. The highest BCUT2D eigenvalue weighted by Gasteiger charge is 2.35. The first-order valence-electron chi connectivity index (χ1n) is 4.26. The van der Waals surface area contributed by atoms with Crippen LogP contribution in [0.3, 0.4) is 0 Å². The van der Waals surface area contributed by atoms with E-state index >= 15 is 0 Å². The summed E-state index contributed by atoms with van der Waals surface area (Å²) in [6, 6.07) is 0.142. The van der Waals surface area contributed by atoms with Gasteiger partial charge in [-0.2, -0.15) is 13.2 Å². The van der Waals surface area contributed by atoms with Crippen molar-refractivity contribution in [3.8, 4) is 0 Å². The molecule has 1 aromatic rings. The Balaban J connectivity index is 2.11. The summed E-state index contributed by atoms with van der Waals surface area (Å²) in [6.07, 6.45) is -2.01. The monoisotopic (exact) mass is 205 g/mol. The minimum absolute atomic E-state index is 0.142. The summed E-state index contributed by atoms with van der Waals surface area (Å²) in [6.45, 7) is 1.57. The molecular weight excluding hydrogens is 195 g/mol. The third-order valence-corrected chi connectivity index (χ3v) is 2.36. The smallest absolute Gasteiger partial charge is 0.331 e. The molecule has 1 aliphatic rings. The number of alkyl halides is 3. The van der Waals surface area contributed by atoms with E-state index in [0.717, 1.165) is 19.3 Å². The highest BCUT2D eigenvalue weighted by Crippen LogP contribution is 2.29. The summed E-state index contributed by atoms with van der Waals surface area (Å²) < 4.78 is 38.1. The molecule has 0 unspecified atom stereocenters. The van der Waals surface area contributed by atoms with Crippen molar-refractivity contribution in [1.82, 2.24) is 14.5 Å². The topological polar surface area (TPSA) is 21.1 Å². The van der Waals surface area contributed by atoms with Gasteiger partial charge in [-0.05, 0) is 7.05 Å². The highest BCUT2D eigenvalue weighted by atomic mass is 19.4. The van der Waals surface area contributed by atoms with E-state index in [1.54, 1.807) is 0 Å². The Morgan fingerprint density at radius 1 is 1.43 bits per heavy atom. The standard InChI is InChI=1S/C8H10F3N3/c1-13-2-6(3-13)14-4-7(12-5-14)8(9,10)11/h4-6H,2-3H2,1H3. The second-order valence-corrected chi connectivity index (χ2v) is 3.58. The molecule has 0 amide bonds. The van der Waals surface area contributed by atoms with Gasteiger partial charge in [0, 0.05) is 19.3 Å². The van der Waals surface area contributed by atoms with Crippen molar-refractivity contribution in [2.45, 2.75) is 12.2 Å². The molecule has 1 aromatic heterocycles. The lowest BCUT2D eigenvalue weighted by atomic mass is 10.1. The molecule has 3 nitrogen and oxygen atoms in total. The molecule has 14 heavy (non-hydrogen) atoms. The second-order valence-electron chi connectivity index (χ2n) is 3.58. The maximum atomic E-state index is 12.2. The van der Waals surface area contributed by atoms with Crippen LogP contribution in [-0.4, -0.2) is 34.6 Å². The summed E-state index contributed by atoms with van der Waals surface area (Å²) in [5, 5.41) is 0. The zero-order chi connectivity index (χ0) is 10.3. The number of imidazole rings is 1. The molecule has 0 bridgehead atoms. The van der Waals surface area contributed by atoms with Crippen LogP contribution in [0.5, 0.6) is 0 Å². The Kier molecular flexibility index (Phi) is 2.02. The average Bonchev–Trinajstić information content (AvgIpc) is 2.45. The van der Waals surface area contributed by atoms with Gasteiger partial charge in [-0.1, -0.05) is 0 Å². The van der Waals surface area contributed by atoms with Gasteiger partial charge in [-0.15, -0.1) is 0 Å². The van der Waals surface area contributed by atoms with Crippen molar-refractivity contribution in [2.24, 2.45) is 0 Å². The summed E-state index contributed by atoms with van der Waals surface area (Å²) in [4.78, 5) is 5.37. The number of rotatable bonds is 1. The minimum Gasteiger partial charge on any atom is -0.331 e. The van der Waals surface area contributed by atoms with Gasteiger partial charge in [-0.3, -0.25) is 0 Å². The largest absolute Gasteiger partial charge is 0.434 e. The molecule has 0 N–H and O–H groups in total. The van der Waals surface area contributed by atoms with Crippen LogP contribution in [0.4, 0.5) is 13.2 Å². The van der Waals surface area contributed by atoms with Crippen LogP contribution < -0.4 is 0 Å². The predicted octanol–water partition coefficient (Wildman–Crippen LogP) is 1.39. The molecule has 2 heterocycles. The predicted molar refractivity (Wildman–Crippen MR) is 43.8 cm³/mol. The summed E-state index contributed by atoms with van der Waals surface area (Å²) in [7, 11) is 1.93. The maximum absolute atomic E-state index is 12.2. The fourth-order valence-corrected chi connectivity index (χ4v) is 1.54. The number of hydrogen-bond acceptors (Lipinski definition) is 2. The third kappa shape index (κ3) is 1.61. The SMILES string of the molecule is CN1CC(n2cnc(C(F)(F)F)c2)C1. The van der Waals surface area contributed by atoms with E-state index in [2.05, 4.69) is 4.98 Å². The molecule has 1 saturated heterocycles. The van der Waals surface area contributed by atoms with Crippen molar-refractivity contribution < 1.29 is 13.2 Å². The Morgan fingerprint density at radius 3 is 2.50 bits per heavy atom. The van der Waals surface area contributed by atoms with Crippen LogP contribution in [0.15, 0.2) is 12.5 Å². The van der Waals surface area contributed by atoms with Crippen molar-refractivity contribution in [1.29, 1.82) is 0 Å². The maximum Gasteiger partial charge on any atom is 0.434 e. The van der Waals surface area contributed by atoms with Crippen molar-refractivity contribution in [3.05, 3.63) is 18.2 Å². The van der Waals surface area contributed by atoms with E-state index in [4.69, 9.17) is 0 Å². The molecule has 1 aliphatic heterocycles. The Labute approximate surface area is 79.1 Å². The number of aromatic nitrogens is 2. The zero-order valence-corrected chi connectivity index (χ0v) is 7.62. The van der Waals surface area contributed by atoms with Gasteiger partial charge < -0.3 is 9.47 Å². The fourth-order valence-electron chi connectivity index (χ4n) is 1.54. The van der Waals surface area contributed by atoms with E-state index in [1.807, 2.05) is 11.9 Å². The summed E-state index contributed by atoms with van der Waals surface area (Å²) in [5.74, 6) is 0. The van der Waals surface area contributed by atoms with Gasteiger partial charge in [0.1, 0.15) is 0 Å². The molecule has 0 aromatic carbocycles. The first-order chi connectivity index (χ1) is 6.47. The van der Waals surface area contributed by atoms with Crippen LogP contribution in [0.25, 0.3) is 0 Å². The Bertz CT molecular complexity index is 325. The lowest BCUT2D eigenvalue weighted by Gasteiger charge is -2.36. The van der Waals surface area contributed by atoms with Crippen LogP contribution in [-0.2, 0) is 6.18 Å². The lowest BCUT2D eigenvalue weighted by molar-refractivity contribution is -0.141. The first kappa shape index (κ1) is 9.51. The fraction of sp³-hybridized carbons (Fsp3) is 0.625. The van der Waals surface area contributed by atoms with Gasteiger partial charge in [0.15, 0.2) is 5.69 Å². The van der Waals surface area contributed by atoms with Gasteiger partial charge in [0.05, 0.1) is 12.4 Å². The number of nitrogens with zero attached hydrogens (tertiary/aromatic N) is 3. The van der Waals surface area contributed by atoms with Crippen LogP contribution in [0.1, 0.15) is 11.7 Å². The van der Waals surface area contributed by atoms with Gasteiger partial charge in [0.2, 0.25) is 0 Å². The van der Waals surface area contributed by atoms with Crippen molar-refractivity contribution in [2.75, 3.05) is 20.1 Å². The normalized spacial score (nSPS) is 19.7.